The number of hydrogen-bond donors (Lipinski definition) is 0. The number of nitrogens with zero attached hydrogens (tertiary/aromatic N) is 4. The van der Waals surface area contributed by atoms with Crippen molar-refractivity contribution in [2.45, 2.75) is 13.0 Å². The molecule has 27 heavy (non-hydrogen) atoms. The van der Waals surface area contributed by atoms with Crippen LogP contribution in [0.15, 0.2) is 42.7 Å². The van der Waals surface area contributed by atoms with E-state index in [2.05, 4.69) is 37.9 Å². The van der Waals surface area contributed by atoms with Gasteiger partial charge in [-0.05, 0) is 36.2 Å². The van der Waals surface area contributed by atoms with Crippen LogP contribution in [0.5, 0.6) is 5.75 Å². The molecule has 0 amide bonds. The van der Waals surface area contributed by atoms with E-state index in [1.807, 2.05) is 24.5 Å². The maximum Gasteiger partial charge on any atom is 0.144 e. The third-order valence-electron chi connectivity index (χ3n) is 6.04. The lowest BCUT2D eigenvalue weighted by molar-refractivity contribution is 0.00208. The number of ether oxygens (including phenoxy) is 1. The van der Waals surface area contributed by atoms with Crippen molar-refractivity contribution in [3.63, 3.8) is 0 Å². The Balaban J connectivity index is 1.17. The summed E-state index contributed by atoms with van der Waals surface area (Å²) in [4.78, 5) is 11.7. The van der Waals surface area contributed by atoms with Crippen LogP contribution in [0.25, 0.3) is 0 Å². The molecular formula is C21H25ClN4O. The molecular weight excluding hydrogens is 360 g/mol. The summed E-state index contributed by atoms with van der Waals surface area (Å²) in [7, 11) is 0. The van der Waals surface area contributed by atoms with Gasteiger partial charge in [-0.2, -0.15) is 0 Å². The quantitative estimate of drug-likeness (QED) is 0.808. The molecule has 0 N–H and O–H groups in total. The Bertz CT molecular complexity index is 809. The Morgan fingerprint density at radius 1 is 1.04 bits per heavy atom. The summed E-state index contributed by atoms with van der Waals surface area (Å²) in [6, 6.07) is 10.2. The fourth-order valence-electron chi connectivity index (χ4n) is 4.81. The van der Waals surface area contributed by atoms with Crippen molar-refractivity contribution in [3.05, 3.63) is 53.3 Å². The van der Waals surface area contributed by atoms with Gasteiger partial charge in [0.25, 0.3) is 0 Å². The number of anilines is 1. The van der Waals surface area contributed by atoms with Crippen molar-refractivity contribution in [2.24, 2.45) is 5.41 Å². The second-order valence-electron chi connectivity index (χ2n) is 8.17. The molecule has 2 aromatic rings. The van der Waals surface area contributed by atoms with Crippen LogP contribution >= 0.6 is 11.6 Å². The van der Waals surface area contributed by atoms with E-state index < -0.39 is 0 Å². The molecule has 0 radical (unpaired) electrons. The second-order valence-corrected chi connectivity index (χ2v) is 8.60. The molecule has 1 aromatic heterocycles. The number of benzene rings is 1. The molecule has 2 fully saturated rings. The van der Waals surface area contributed by atoms with E-state index in [9.17, 15) is 0 Å². The van der Waals surface area contributed by atoms with Crippen molar-refractivity contribution >= 4 is 17.3 Å². The Morgan fingerprint density at radius 3 is 2.70 bits per heavy atom. The first kappa shape index (κ1) is 17.3. The molecule has 0 unspecified atom stereocenters. The normalized spacial score (nSPS) is 21.7. The van der Waals surface area contributed by atoms with Gasteiger partial charge in [0.15, 0.2) is 0 Å². The first-order chi connectivity index (χ1) is 13.2. The van der Waals surface area contributed by atoms with Gasteiger partial charge < -0.3 is 9.64 Å². The number of aromatic nitrogens is 1. The van der Waals surface area contributed by atoms with Crippen molar-refractivity contribution < 1.29 is 4.74 Å². The summed E-state index contributed by atoms with van der Waals surface area (Å²) in [6.45, 7) is 8.48. The van der Waals surface area contributed by atoms with E-state index in [0.717, 1.165) is 37.1 Å². The zero-order valence-corrected chi connectivity index (χ0v) is 16.2. The molecule has 0 bridgehead atoms. The minimum absolute atomic E-state index is 0.488. The highest BCUT2D eigenvalue weighted by atomic mass is 35.5. The molecule has 0 atom stereocenters. The van der Waals surface area contributed by atoms with Gasteiger partial charge in [0, 0.05) is 61.6 Å². The molecule has 0 aliphatic carbocycles. The number of likely N-dealkylation sites (tertiary alicyclic amines) is 2. The van der Waals surface area contributed by atoms with E-state index in [1.54, 1.807) is 0 Å². The minimum Gasteiger partial charge on any atom is -0.490 e. The molecule has 4 heterocycles. The van der Waals surface area contributed by atoms with Gasteiger partial charge in [0.2, 0.25) is 0 Å². The average Bonchev–Trinajstić information content (AvgIpc) is 3.06. The number of pyridine rings is 1. The molecule has 3 aliphatic heterocycles. The maximum absolute atomic E-state index is 6.11. The van der Waals surface area contributed by atoms with Gasteiger partial charge in [-0.3, -0.25) is 14.8 Å². The predicted molar refractivity (Wildman–Crippen MR) is 107 cm³/mol. The molecule has 1 spiro atoms. The van der Waals surface area contributed by atoms with Crippen LogP contribution in [-0.2, 0) is 6.54 Å². The lowest BCUT2D eigenvalue weighted by Gasteiger charge is -2.48. The van der Waals surface area contributed by atoms with Crippen molar-refractivity contribution in [1.82, 2.24) is 14.8 Å². The molecule has 3 aliphatic rings. The van der Waals surface area contributed by atoms with E-state index in [4.69, 9.17) is 16.3 Å². The van der Waals surface area contributed by atoms with E-state index in [0.29, 0.717) is 5.41 Å². The molecule has 6 heteroatoms. The van der Waals surface area contributed by atoms with Gasteiger partial charge in [0.05, 0.1) is 18.9 Å². The van der Waals surface area contributed by atoms with Crippen molar-refractivity contribution in [2.75, 3.05) is 50.9 Å². The standard InChI is InChI=1S/C21H25ClN4O/c22-18-1-2-19-20(11-18)27-10-9-26(19)16-24-8-5-21(13-24)14-25(15-21)12-17-3-6-23-7-4-17/h1-4,6-7,11H,5,8-10,12-16H2. The van der Waals surface area contributed by atoms with Crippen LogP contribution in [0.1, 0.15) is 12.0 Å². The number of rotatable bonds is 4. The largest absolute Gasteiger partial charge is 0.490 e. The SMILES string of the molecule is Clc1ccc2c(c1)OCCN2CN1CCC2(C1)CN(Cc1ccncc1)C2. The van der Waals surface area contributed by atoms with Crippen LogP contribution in [0.2, 0.25) is 5.02 Å². The molecule has 2 saturated heterocycles. The van der Waals surface area contributed by atoms with Crippen LogP contribution in [0, 0.1) is 5.41 Å². The fraction of sp³-hybridized carbons (Fsp3) is 0.476. The van der Waals surface area contributed by atoms with Crippen molar-refractivity contribution in [3.8, 4) is 5.75 Å². The fourth-order valence-corrected chi connectivity index (χ4v) is 4.97. The smallest absolute Gasteiger partial charge is 0.144 e. The second kappa shape index (κ2) is 6.97. The molecule has 5 rings (SSSR count). The Morgan fingerprint density at radius 2 is 1.85 bits per heavy atom. The lowest BCUT2D eigenvalue weighted by atomic mass is 9.79. The average molecular weight is 385 g/mol. The van der Waals surface area contributed by atoms with Gasteiger partial charge in [-0.25, -0.2) is 0 Å². The monoisotopic (exact) mass is 384 g/mol. The zero-order chi connectivity index (χ0) is 18.3. The first-order valence-electron chi connectivity index (χ1n) is 9.70. The Labute approximate surface area is 165 Å². The summed E-state index contributed by atoms with van der Waals surface area (Å²) < 4.78 is 5.79. The van der Waals surface area contributed by atoms with E-state index in [-0.39, 0.29) is 0 Å². The highest BCUT2D eigenvalue weighted by molar-refractivity contribution is 6.30. The molecule has 0 saturated carbocycles. The third kappa shape index (κ3) is 3.51. The summed E-state index contributed by atoms with van der Waals surface area (Å²) in [6.07, 6.45) is 5.07. The van der Waals surface area contributed by atoms with Crippen LogP contribution in [-0.4, -0.2) is 60.8 Å². The van der Waals surface area contributed by atoms with Gasteiger partial charge >= 0.3 is 0 Å². The predicted octanol–water partition coefficient (Wildman–Crippen LogP) is 3.10. The van der Waals surface area contributed by atoms with Gasteiger partial charge in [-0.15, -0.1) is 0 Å². The van der Waals surface area contributed by atoms with E-state index >= 15 is 0 Å². The lowest BCUT2D eigenvalue weighted by Crippen LogP contribution is -2.57. The highest BCUT2D eigenvalue weighted by Gasteiger charge is 2.47. The summed E-state index contributed by atoms with van der Waals surface area (Å²) >= 11 is 6.11. The van der Waals surface area contributed by atoms with Gasteiger partial charge in [0.1, 0.15) is 12.4 Å². The van der Waals surface area contributed by atoms with Crippen LogP contribution < -0.4 is 9.64 Å². The third-order valence-corrected chi connectivity index (χ3v) is 6.28. The maximum atomic E-state index is 6.11. The summed E-state index contributed by atoms with van der Waals surface area (Å²) in [5.74, 6) is 0.912. The Hall–Kier alpha value is -1.82. The first-order valence-corrected chi connectivity index (χ1v) is 10.1. The van der Waals surface area contributed by atoms with Crippen LogP contribution in [0.3, 0.4) is 0 Å². The molecule has 142 valence electrons. The highest BCUT2D eigenvalue weighted by Crippen LogP contribution is 2.41. The summed E-state index contributed by atoms with van der Waals surface area (Å²) in [5, 5.41) is 0.736. The zero-order valence-electron chi connectivity index (χ0n) is 15.5. The molecule has 1 aromatic carbocycles. The number of hydrogen-bond acceptors (Lipinski definition) is 5. The van der Waals surface area contributed by atoms with Crippen molar-refractivity contribution in [1.29, 1.82) is 0 Å². The number of fused-ring (bicyclic) bond motifs is 1. The molecule has 5 nitrogen and oxygen atoms in total. The topological polar surface area (TPSA) is 31.8 Å². The number of halogens is 1. The minimum atomic E-state index is 0.488. The summed E-state index contributed by atoms with van der Waals surface area (Å²) in [5.41, 5.74) is 3.01. The van der Waals surface area contributed by atoms with Crippen LogP contribution in [0.4, 0.5) is 5.69 Å². The van der Waals surface area contributed by atoms with Gasteiger partial charge in [-0.1, -0.05) is 11.6 Å². The Kier molecular flexibility index (Phi) is 4.46. The van der Waals surface area contributed by atoms with E-state index in [1.165, 1.54) is 43.9 Å².